The fraction of sp³-hybridized carbons (Fsp3) is 0.263. The molecule has 3 aromatic rings. The summed E-state index contributed by atoms with van der Waals surface area (Å²) in [6, 6.07) is 9.64. The second-order valence-corrected chi connectivity index (χ2v) is 6.34. The van der Waals surface area contributed by atoms with Crippen molar-refractivity contribution < 1.29 is 4.79 Å². The summed E-state index contributed by atoms with van der Waals surface area (Å²) in [4.78, 5) is 23.3. The van der Waals surface area contributed by atoms with E-state index in [9.17, 15) is 4.79 Å². The van der Waals surface area contributed by atoms with Gasteiger partial charge in [-0.05, 0) is 42.3 Å². The number of carbonyl (C=O) groups is 1. The molecule has 0 saturated carbocycles. The van der Waals surface area contributed by atoms with Crippen molar-refractivity contribution in [1.29, 1.82) is 0 Å². The van der Waals surface area contributed by atoms with Crippen molar-refractivity contribution in [3.05, 3.63) is 72.1 Å². The molecule has 1 N–H and O–H groups in total. The maximum Gasteiger partial charge on any atom is 0.254 e. The van der Waals surface area contributed by atoms with Gasteiger partial charge in [0, 0.05) is 37.6 Å². The second-order valence-electron chi connectivity index (χ2n) is 6.34. The van der Waals surface area contributed by atoms with Crippen molar-refractivity contribution in [3.8, 4) is 5.69 Å². The van der Waals surface area contributed by atoms with Crippen LogP contribution in [0.15, 0.2) is 55.4 Å². The molecule has 1 atom stereocenters. The van der Waals surface area contributed by atoms with Crippen LogP contribution in [0.1, 0.15) is 27.5 Å². The Balaban J connectivity index is 1.63. The van der Waals surface area contributed by atoms with E-state index in [1.54, 1.807) is 17.2 Å². The molecule has 3 heterocycles. The number of nitrogens with zero attached hydrogens (tertiary/aromatic N) is 5. The predicted molar refractivity (Wildman–Crippen MR) is 97.0 cm³/mol. The summed E-state index contributed by atoms with van der Waals surface area (Å²) in [5, 5.41) is 7.51. The van der Waals surface area contributed by atoms with Crippen molar-refractivity contribution in [2.45, 2.75) is 13.0 Å². The normalized spacial score (nSPS) is 17.3. The standard InChI is InChI=1S/C19H20N6O/c1-14-9-16(25-13-22-12-23-25)4-5-17(14)19(26)24-8-7-21-11-18(24)15-3-2-6-20-10-15/h2-6,9-10,12-13,18,21H,7-8,11H2,1H3. The van der Waals surface area contributed by atoms with Gasteiger partial charge in [0.2, 0.25) is 0 Å². The minimum absolute atomic E-state index is 0.0145. The van der Waals surface area contributed by atoms with Gasteiger partial charge in [-0.3, -0.25) is 9.78 Å². The van der Waals surface area contributed by atoms with Crippen LogP contribution in [0.4, 0.5) is 0 Å². The SMILES string of the molecule is Cc1cc(-n2cncn2)ccc1C(=O)N1CCNCC1c1cccnc1. The highest BCUT2D eigenvalue weighted by Gasteiger charge is 2.29. The van der Waals surface area contributed by atoms with Gasteiger partial charge in [0.15, 0.2) is 0 Å². The van der Waals surface area contributed by atoms with E-state index >= 15 is 0 Å². The van der Waals surface area contributed by atoms with Gasteiger partial charge in [-0.1, -0.05) is 6.07 Å². The number of amides is 1. The lowest BCUT2D eigenvalue weighted by molar-refractivity contribution is 0.0633. The van der Waals surface area contributed by atoms with Gasteiger partial charge in [-0.25, -0.2) is 9.67 Å². The topological polar surface area (TPSA) is 75.9 Å². The summed E-state index contributed by atoms with van der Waals surface area (Å²) in [5.74, 6) is 0.0444. The van der Waals surface area contributed by atoms with Gasteiger partial charge < -0.3 is 10.2 Å². The lowest BCUT2D eigenvalue weighted by Gasteiger charge is -2.36. The van der Waals surface area contributed by atoms with Crippen LogP contribution in [-0.4, -0.2) is 50.2 Å². The summed E-state index contributed by atoms with van der Waals surface area (Å²) in [6.45, 7) is 4.14. The first kappa shape index (κ1) is 16.4. The highest BCUT2D eigenvalue weighted by molar-refractivity contribution is 5.96. The number of aromatic nitrogens is 4. The lowest BCUT2D eigenvalue weighted by atomic mass is 10.0. The van der Waals surface area contributed by atoms with Crippen LogP contribution in [0.5, 0.6) is 0 Å². The number of hydrogen-bond donors (Lipinski definition) is 1. The van der Waals surface area contributed by atoms with Gasteiger partial charge in [0.05, 0.1) is 11.7 Å². The molecule has 7 heteroatoms. The summed E-state index contributed by atoms with van der Waals surface area (Å²) < 4.78 is 1.69. The molecule has 7 nitrogen and oxygen atoms in total. The zero-order valence-electron chi connectivity index (χ0n) is 14.5. The average molecular weight is 348 g/mol. The molecule has 1 aromatic carbocycles. The highest BCUT2D eigenvalue weighted by atomic mass is 16.2. The fourth-order valence-corrected chi connectivity index (χ4v) is 3.34. The highest BCUT2D eigenvalue weighted by Crippen LogP contribution is 2.25. The van der Waals surface area contributed by atoms with Crippen LogP contribution in [0.2, 0.25) is 0 Å². The summed E-state index contributed by atoms with van der Waals surface area (Å²) in [7, 11) is 0. The minimum Gasteiger partial charge on any atom is -0.329 e. The van der Waals surface area contributed by atoms with Crippen LogP contribution >= 0.6 is 0 Å². The zero-order valence-corrected chi connectivity index (χ0v) is 14.5. The number of rotatable bonds is 3. The lowest BCUT2D eigenvalue weighted by Crippen LogP contribution is -2.48. The van der Waals surface area contributed by atoms with E-state index in [0.717, 1.165) is 29.9 Å². The fourth-order valence-electron chi connectivity index (χ4n) is 3.34. The van der Waals surface area contributed by atoms with E-state index in [0.29, 0.717) is 12.1 Å². The van der Waals surface area contributed by atoms with Crippen LogP contribution in [0.25, 0.3) is 5.69 Å². The smallest absolute Gasteiger partial charge is 0.254 e. The van der Waals surface area contributed by atoms with E-state index in [4.69, 9.17) is 0 Å². The molecule has 0 aliphatic carbocycles. The molecule has 132 valence electrons. The third kappa shape index (κ3) is 3.09. The van der Waals surface area contributed by atoms with E-state index in [-0.39, 0.29) is 11.9 Å². The Morgan fingerprint density at radius 2 is 2.19 bits per heavy atom. The molecule has 0 bridgehead atoms. The largest absolute Gasteiger partial charge is 0.329 e. The molecule has 1 unspecified atom stereocenters. The third-order valence-corrected chi connectivity index (χ3v) is 4.70. The molecule has 0 spiro atoms. The zero-order chi connectivity index (χ0) is 17.9. The Labute approximate surface area is 151 Å². The van der Waals surface area contributed by atoms with E-state index < -0.39 is 0 Å². The molecule has 26 heavy (non-hydrogen) atoms. The molecule has 0 radical (unpaired) electrons. The number of aryl methyl sites for hydroxylation is 1. The van der Waals surface area contributed by atoms with Gasteiger partial charge in [0.1, 0.15) is 12.7 Å². The van der Waals surface area contributed by atoms with Crippen molar-refractivity contribution in [1.82, 2.24) is 30.0 Å². The van der Waals surface area contributed by atoms with Crippen molar-refractivity contribution in [3.63, 3.8) is 0 Å². The second kappa shape index (κ2) is 7.05. The van der Waals surface area contributed by atoms with Crippen LogP contribution in [0.3, 0.4) is 0 Å². The molecule has 1 saturated heterocycles. The summed E-state index contributed by atoms with van der Waals surface area (Å²) in [6.07, 6.45) is 6.72. The first-order valence-corrected chi connectivity index (χ1v) is 8.61. The van der Waals surface area contributed by atoms with Gasteiger partial charge in [0.25, 0.3) is 5.91 Å². The maximum absolute atomic E-state index is 13.2. The Hall–Kier alpha value is -3.06. The number of piperazine rings is 1. The maximum atomic E-state index is 13.2. The number of hydrogen-bond acceptors (Lipinski definition) is 5. The Morgan fingerprint density at radius 1 is 1.27 bits per heavy atom. The average Bonchev–Trinajstić information content (AvgIpc) is 3.23. The van der Waals surface area contributed by atoms with Crippen molar-refractivity contribution in [2.75, 3.05) is 19.6 Å². The van der Waals surface area contributed by atoms with E-state index in [1.165, 1.54) is 6.33 Å². The van der Waals surface area contributed by atoms with Crippen LogP contribution in [0, 0.1) is 6.92 Å². The number of benzene rings is 1. The number of nitrogens with one attached hydrogen (secondary N) is 1. The van der Waals surface area contributed by atoms with Crippen molar-refractivity contribution in [2.24, 2.45) is 0 Å². The molecule has 1 aliphatic heterocycles. The van der Waals surface area contributed by atoms with E-state index in [2.05, 4.69) is 20.4 Å². The Morgan fingerprint density at radius 3 is 2.92 bits per heavy atom. The quantitative estimate of drug-likeness (QED) is 0.780. The summed E-state index contributed by atoms with van der Waals surface area (Å²) in [5.41, 5.74) is 3.57. The molecule has 1 fully saturated rings. The number of pyridine rings is 1. The molecule has 1 amide bonds. The van der Waals surface area contributed by atoms with Crippen LogP contribution < -0.4 is 5.32 Å². The Bertz CT molecular complexity index is 894. The third-order valence-electron chi connectivity index (χ3n) is 4.70. The van der Waals surface area contributed by atoms with Crippen molar-refractivity contribution >= 4 is 5.91 Å². The summed E-state index contributed by atoms with van der Waals surface area (Å²) >= 11 is 0. The molecular weight excluding hydrogens is 328 g/mol. The molecule has 1 aliphatic rings. The minimum atomic E-state index is -0.0145. The molecular formula is C19H20N6O. The molecule has 2 aromatic heterocycles. The van der Waals surface area contributed by atoms with Gasteiger partial charge in [-0.2, -0.15) is 5.10 Å². The van der Waals surface area contributed by atoms with Gasteiger partial charge in [-0.15, -0.1) is 0 Å². The first-order valence-electron chi connectivity index (χ1n) is 8.61. The van der Waals surface area contributed by atoms with E-state index in [1.807, 2.05) is 48.4 Å². The first-order chi connectivity index (χ1) is 12.7. The number of carbonyl (C=O) groups excluding carboxylic acids is 1. The predicted octanol–water partition coefficient (Wildman–Crippen LogP) is 1.76. The van der Waals surface area contributed by atoms with Gasteiger partial charge >= 0.3 is 0 Å². The van der Waals surface area contributed by atoms with Crippen LogP contribution in [-0.2, 0) is 0 Å². The molecule has 4 rings (SSSR count). The monoisotopic (exact) mass is 348 g/mol. The Kier molecular flexibility index (Phi) is 4.45.